The van der Waals surface area contributed by atoms with Gasteiger partial charge in [0.25, 0.3) is 0 Å². The fourth-order valence-corrected chi connectivity index (χ4v) is 3.70. The van der Waals surface area contributed by atoms with Gasteiger partial charge in [0.15, 0.2) is 0 Å². The highest BCUT2D eigenvalue weighted by Crippen LogP contribution is 2.41. The summed E-state index contributed by atoms with van der Waals surface area (Å²) in [7, 11) is 1.70. The van der Waals surface area contributed by atoms with E-state index in [4.69, 9.17) is 4.74 Å². The molecule has 0 saturated carbocycles. The molecule has 1 aliphatic rings. The molecule has 124 valence electrons. The molecule has 1 fully saturated rings. The first-order valence-electron chi connectivity index (χ1n) is 8.45. The van der Waals surface area contributed by atoms with Crippen molar-refractivity contribution in [2.24, 2.45) is 0 Å². The van der Waals surface area contributed by atoms with Crippen LogP contribution in [-0.4, -0.2) is 19.7 Å². The Balaban J connectivity index is 1.99. The van der Waals surface area contributed by atoms with E-state index in [1.54, 1.807) is 7.11 Å². The van der Waals surface area contributed by atoms with Crippen molar-refractivity contribution in [1.29, 1.82) is 0 Å². The van der Waals surface area contributed by atoms with Crippen LogP contribution in [0.1, 0.15) is 25.3 Å². The van der Waals surface area contributed by atoms with Gasteiger partial charge >= 0.3 is 0 Å². The lowest BCUT2D eigenvalue weighted by Crippen LogP contribution is -2.44. The Labute approximate surface area is 145 Å². The topological polar surface area (TPSA) is 12.5 Å². The van der Waals surface area contributed by atoms with Crippen LogP contribution in [0.5, 0.6) is 5.75 Å². The summed E-state index contributed by atoms with van der Waals surface area (Å²) < 4.78 is 5.28. The third-order valence-electron chi connectivity index (χ3n) is 4.95. The highest BCUT2D eigenvalue weighted by molar-refractivity contribution is 5.58. The molecule has 0 spiro atoms. The molecule has 2 nitrogen and oxygen atoms in total. The molecule has 2 aromatic rings. The average molecular weight is 319 g/mol. The zero-order chi connectivity index (χ0) is 17.1. The lowest BCUT2D eigenvalue weighted by molar-refractivity contribution is 0.414. The Bertz CT molecular complexity index is 730. The number of hydrogen-bond acceptors (Lipinski definition) is 2. The van der Waals surface area contributed by atoms with Gasteiger partial charge in [-0.1, -0.05) is 43.0 Å². The maximum absolute atomic E-state index is 5.28. The summed E-state index contributed by atoms with van der Waals surface area (Å²) in [5.41, 5.74) is 5.11. The van der Waals surface area contributed by atoms with Gasteiger partial charge in [0.1, 0.15) is 5.75 Å². The largest absolute Gasteiger partial charge is 0.497 e. The second kappa shape index (κ2) is 6.96. The van der Waals surface area contributed by atoms with Crippen molar-refractivity contribution in [2.45, 2.75) is 25.8 Å². The predicted molar refractivity (Wildman–Crippen MR) is 102 cm³/mol. The van der Waals surface area contributed by atoms with Crippen molar-refractivity contribution < 1.29 is 4.74 Å². The van der Waals surface area contributed by atoms with Gasteiger partial charge in [-0.25, -0.2) is 0 Å². The second-order valence-corrected chi connectivity index (χ2v) is 6.30. The van der Waals surface area contributed by atoms with Crippen LogP contribution in [0.3, 0.4) is 0 Å². The van der Waals surface area contributed by atoms with E-state index in [1.165, 1.54) is 22.4 Å². The van der Waals surface area contributed by atoms with Crippen LogP contribution in [0.15, 0.2) is 78.4 Å². The third-order valence-corrected chi connectivity index (χ3v) is 4.95. The first-order valence-corrected chi connectivity index (χ1v) is 8.45. The smallest absolute Gasteiger partial charge is 0.119 e. The summed E-state index contributed by atoms with van der Waals surface area (Å²) in [5.74, 6) is 1.22. The van der Waals surface area contributed by atoms with Crippen LogP contribution < -0.4 is 9.64 Å². The van der Waals surface area contributed by atoms with Gasteiger partial charge in [0.05, 0.1) is 7.11 Å². The second-order valence-electron chi connectivity index (χ2n) is 6.30. The zero-order valence-corrected chi connectivity index (χ0v) is 14.7. The molecule has 0 aliphatic carbocycles. The molecule has 2 heteroatoms. The number of anilines is 1. The van der Waals surface area contributed by atoms with E-state index in [9.17, 15) is 0 Å². The number of hydrogen-bond donors (Lipinski definition) is 0. The minimum atomic E-state index is 0.333. The van der Waals surface area contributed by atoms with Crippen LogP contribution in [0.25, 0.3) is 0 Å². The molecule has 0 radical (unpaired) electrons. The highest BCUT2D eigenvalue weighted by Gasteiger charge is 2.34. The lowest BCUT2D eigenvalue weighted by atomic mass is 9.78. The van der Waals surface area contributed by atoms with E-state index >= 15 is 0 Å². The van der Waals surface area contributed by atoms with Gasteiger partial charge in [-0.05, 0) is 54.8 Å². The molecule has 0 N–H and O–H groups in total. The molecular formula is C22H25NO. The predicted octanol–water partition coefficient (Wildman–Crippen LogP) is 5.19. The minimum Gasteiger partial charge on any atom is -0.497 e. The first kappa shape index (κ1) is 16.4. The van der Waals surface area contributed by atoms with Crippen molar-refractivity contribution in [3.8, 4) is 5.75 Å². The molecule has 0 bridgehead atoms. The number of rotatable bonds is 3. The summed E-state index contributed by atoms with van der Waals surface area (Å²) in [6.45, 7) is 9.63. The Morgan fingerprint density at radius 3 is 2.33 bits per heavy atom. The summed E-state index contributed by atoms with van der Waals surface area (Å²) in [6, 6.07) is 19.4. The minimum absolute atomic E-state index is 0.333. The molecule has 0 aromatic heterocycles. The number of piperidine rings is 1. The Hall–Kier alpha value is -2.48. The van der Waals surface area contributed by atoms with E-state index in [1.807, 2.05) is 12.1 Å². The van der Waals surface area contributed by atoms with Crippen LogP contribution >= 0.6 is 0 Å². The third kappa shape index (κ3) is 2.96. The lowest BCUT2D eigenvalue weighted by Gasteiger charge is -2.44. The van der Waals surface area contributed by atoms with Gasteiger partial charge in [0, 0.05) is 24.2 Å². The van der Waals surface area contributed by atoms with Crippen molar-refractivity contribution >= 4 is 5.69 Å². The van der Waals surface area contributed by atoms with Crippen LogP contribution in [0.2, 0.25) is 0 Å². The summed E-state index contributed by atoms with van der Waals surface area (Å²) in [4.78, 5) is 2.44. The van der Waals surface area contributed by atoms with E-state index < -0.39 is 0 Å². The van der Waals surface area contributed by atoms with E-state index in [2.05, 4.69) is 73.9 Å². The Kier molecular flexibility index (Phi) is 4.75. The van der Waals surface area contributed by atoms with E-state index in [0.29, 0.717) is 12.0 Å². The molecule has 2 aromatic carbocycles. The quantitative estimate of drug-likeness (QED) is 0.772. The van der Waals surface area contributed by atoms with Crippen molar-refractivity contribution in [1.82, 2.24) is 0 Å². The van der Waals surface area contributed by atoms with Crippen LogP contribution in [0.4, 0.5) is 5.69 Å². The fourth-order valence-electron chi connectivity index (χ4n) is 3.70. The molecule has 1 aliphatic heterocycles. The molecule has 24 heavy (non-hydrogen) atoms. The van der Waals surface area contributed by atoms with Gasteiger partial charge < -0.3 is 9.64 Å². The maximum Gasteiger partial charge on any atom is 0.119 e. The normalized spacial score (nSPS) is 22.7. The summed E-state index contributed by atoms with van der Waals surface area (Å²) in [6.07, 6.45) is 2.22. The number of allylic oxidation sites excluding steroid dienone is 1. The first-order chi connectivity index (χ1) is 11.7. The SMILES string of the molecule is C=C1CN(c2ccc(OC)cc2)C(C)C(c2ccccc2)/C1=C/C. The average Bonchev–Trinajstić information content (AvgIpc) is 2.63. The molecule has 1 saturated heterocycles. The van der Waals surface area contributed by atoms with Crippen molar-refractivity contribution in [3.63, 3.8) is 0 Å². The number of ether oxygens (including phenoxy) is 1. The van der Waals surface area contributed by atoms with Gasteiger partial charge in [-0.15, -0.1) is 0 Å². The zero-order valence-electron chi connectivity index (χ0n) is 14.7. The number of methoxy groups -OCH3 is 1. The van der Waals surface area contributed by atoms with E-state index in [-0.39, 0.29) is 0 Å². The van der Waals surface area contributed by atoms with Crippen molar-refractivity contribution in [2.75, 3.05) is 18.6 Å². The number of benzene rings is 2. The van der Waals surface area contributed by atoms with Crippen LogP contribution in [-0.2, 0) is 0 Å². The van der Waals surface area contributed by atoms with Crippen molar-refractivity contribution in [3.05, 3.63) is 84.0 Å². The number of nitrogens with zero attached hydrogens (tertiary/aromatic N) is 1. The molecule has 2 atom stereocenters. The van der Waals surface area contributed by atoms with Crippen LogP contribution in [0, 0.1) is 0 Å². The molecule has 1 heterocycles. The van der Waals surface area contributed by atoms with E-state index in [0.717, 1.165) is 12.3 Å². The fraction of sp³-hybridized carbons (Fsp3) is 0.273. The maximum atomic E-state index is 5.28. The Morgan fingerprint density at radius 1 is 1.08 bits per heavy atom. The molecule has 2 unspecified atom stereocenters. The molecule has 3 rings (SSSR count). The molecule has 0 amide bonds. The highest BCUT2D eigenvalue weighted by atomic mass is 16.5. The van der Waals surface area contributed by atoms with Gasteiger partial charge in [-0.3, -0.25) is 0 Å². The van der Waals surface area contributed by atoms with Gasteiger partial charge in [-0.2, -0.15) is 0 Å². The Morgan fingerprint density at radius 2 is 1.75 bits per heavy atom. The summed E-state index contributed by atoms with van der Waals surface area (Å²) in [5, 5.41) is 0. The standard InChI is InChI=1S/C22H25NO/c1-5-21-16(2)15-23(19-11-13-20(24-4)14-12-19)17(3)22(21)18-9-7-6-8-10-18/h5-14,17,22H,2,15H2,1,3-4H3/b21-5+. The molecular weight excluding hydrogens is 294 g/mol. The monoisotopic (exact) mass is 319 g/mol. The summed E-state index contributed by atoms with van der Waals surface area (Å²) >= 11 is 0. The van der Waals surface area contributed by atoms with Gasteiger partial charge in [0.2, 0.25) is 0 Å².